The van der Waals surface area contributed by atoms with Gasteiger partial charge in [0.1, 0.15) is 14.1 Å². The quantitative estimate of drug-likeness (QED) is 0.353. The van der Waals surface area contributed by atoms with E-state index in [0.717, 1.165) is 5.76 Å². The van der Waals surface area contributed by atoms with Crippen LogP contribution in [0.15, 0.2) is 12.0 Å². The van der Waals surface area contributed by atoms with Gasteiger partial charge in [-0.1, -0.05) is 0 Å². The molecule has 0 aliphatic carbocycles. The summed E-state index contributed by atoms with van der Waals surface area (Å²) in [5, 5.41) is 0. The zero-order valence-electron chi connectivity index (χ0n) is 8.66. The summed E-state index contributed by atoms with van der Waals surface area (Å²) < 4.78 is 7.35. The van der Waals surface area contributed by atoms with Crippen molar-refractivity contribution in [1.82, 2.24) is 4.90 Å². The number of rotatable bonds is 4. The summed E-state index contributed by atoms with van der Waals surface area (Å²) in [5.41, 5.74) is 0. The van der Waals surface area contributed by atoms with Crippen LogP contribution in [0.1, 0.15) is 6.92 Å². The molecule has 0 N–H and O–H groups in total. The van der Waals surface area contributed by atoms with E-state index in [1.54, 1.807) is 0 Å². The maximum absolute atomic E-state index is 5.39. The first-order valence-corrected chi connectivity index (χ1v) is 4.08. The molecule has 0 fully saturated rings. The maximum Gasteiger partial charge on any atom is 0.206 e. The minimum Gasteiger partial charge on any atom is -0.487 e. The number of hydrogen-bond donors (Lipinski definition) is 0. The Bertz CT molecular complexity index is 179. The lowest BCUT2D eigenvalue weighted by molar-refractivity contribution is -0.459. The van der Waals surface area contributed by atoms with Crippen LogP contribution in [-0.4, -0.2) is 50.5 Å². The average molecular weight is 171 g/mol. The number of allylic oxidation sites excluding steroid dienone is 1. The highest BCUT2D eigenvalue weighted by Gasteiger charge is 1.97. The summed E-state index contributed by atoms with van der Waals surface area (Å²) in [4.78, 5) is 1.96. The molecule has 0 aromatic heterocycles. The number of nitrogens with zero attached hydrogens (tertiary/aromatic N) is 2. The second-order valence-corrected chi connectivity index (χ2v) is 3.02. The largest absolute Gasteiger partial charge is 0.487 e. The lowest BCUT2D eigenvalue weighted by Crippen LogP contribution is -2.09. The Morgan fingerprint density at radius 2 is 2.00 bits per heavy atom. The van der Waals surface area contributed by atoms with Crippen LogP contribution in [0.5, 0.6) is 0 Å². The first kappa shape index (κ1) is 11.0. The topological polar surface area (TPSA) is 15.5 Å². The Hall–Kier alpha value is -0.990. The SMILES string of the molecule is CCOC(=CN(C)C)C=[N+](C)C. The van der Waals surface area contributed by atoms with Crippen molar-refractivity contribution in [3.63, 3.8) is 0 Å². The Morgan fingerprint density at radius 3 is 2.33 bits per heavy atom. The molecule has 3 nitrogen and oxygen atoms in total. The monoisotopic (exact) mass is 171 g/mol. The van der Waals surface area contributed by atoms with E-state index in [2.05, 4.69) is 0 Å². The highest BCUT2D eigenvalue weighted by atomic mass is 16.5. The van der Waals surface area contributed by atoms with Gasteiger partial charge in [-0.15, -0.1) is 0 Å². The fourth-order valence-electron chi connectivity index (χ4n) is 0.783. The van der Waals surface area contributed by atoms with Gasteiger partial charge in [0.05, 0.1) is 6.61 Å². The molecule has 0 radical (unpaired) electrons. The third-order valence-electron chi connectivity index (χ3n) is 1.08. The molecule has 12 heavy (non-hydrogen) atoms. The molecule has 0 heterocycles. The molecular formula is C9H19N2O+. The highest BCUT2D eigenvalue weighted by molar-refractivity contribution is 5.71. The van der Waals surface area contributed by atoms with Gasteiger partial charge in [0.15, 0.2) is 5.76 Å². The smallest absolute Gasteiger partial charge is 0.206 e. The maximum atomic E-state index is 5.39. The first-order valence-electron chi connectivity index (χ1n) is 4.08. The van der Waals surface area contributed by atoms with E-state index < -0.39 is 0 Å². The molecule has 0 aromatic carbocycles. The van der Waals surface area contributed by atoms with Gasteiger partial charge >= 0.3 is 0 Å². The van der Waals surface area contributed by atoms with E-state index in [9.17, 15) is 0 Å². The van der Waals surface area contributed by atoms with Crippen molar-refractivity contribution in [3.8, 4) is 0 Å². The molecule has 0 bridgehead atoms. The minimum absolute atomic E-state index is 0.698. The predicted octanol–water partition coefficient (Wildman–Crippen LogP) is 0.769. The average Bonchev–Trinajstić information content (AvgIpc) is 1.84. The fraction of sp³-hybridized carbons (Fsp3) is 0.667. The lowest BCUT2D eigenvalue weighted by atomic mass is 10.5. The van der Waals surface area contributed by atoms with E-state index in [0.29, 0.717) is 6.61 Å². The summed E-state index contributed by atoms with van der Waals surface area (Å²) in [7, 11) is 7.90. The minimum atomic E-state index is 0.698. The predicted molar refractivity (Wildman–Crippen MR) is 51.6 cm³/mol. The first-order chi connectivity index (χ1) is 5.56. The number of hydrogen-bond acceptors (Lipinski definition) is 2. The molecule has 0 saturated carbocycles. The van der Waals surface area contributed by atoms with Gasteiger partial charge in [-0.2, -0.15) is 0 Å². The Labute approximate surface area is 74.9 Å². The van der Waals surface area contributed by atoms with Gasteiger partial charge in [0, 0.05) is 20.3 Å². The standard InChI is InChI=1S/C9H19N2O/c1-6-12-9(7-10(2)3)8-11(4)5/h7-8H,6H2,1-5H3/q+1. The number of ether oxygens (including phenoxy) is 1. The van der Waals surface area contributed by atoms with Crippen LogP contribution in [0.2, 0.25) is 0 Å². The summed E-state index contributed by atoms with van der Waals surface area (Å²) in [6, 6.07) is 0. The normalized spacial score (nSPS) is 10.9. The van der Waals surface area contributed by atoms with Crippen molar-refractivity contribution >= 4 is 6.21 Å². The van der Waals surface area contributed by atoms with Crippen LogP contribution in [0.4, 0.5) is 0 Å². The molecule has 0 atom stereocenters. The van der Waals surface area contributed by atoms with E-state index in [1.165, 1.54) is 0 Å². The van der Waals surface area contributed by atoms with E-state index >= 15 is 0 Å². The fourth-order valence-corrected chi connectivity index (χ4v) is 0.783. The molecule has 0 rings (SSSR count). The highest BCUT2D eigenvalue weighted by Crippen LogP contribution is 1.94. The summed E-state index contributed by atoms with van der Waals surface area (Å²) in [6.45, 7) is 2.68. The van der Waals surface area contributed by atoms with Gasteiger partial charge in [0.2, 0.25) is 6.21 Å². The Kier molecular flexibility index (Phi) is 5.17. The lowest BCUT2D eigenvalue weighted by Gasteiger charge is -2.07. The van der Waals surface area contributed by atoms with Crippen LogP contribution in [-0.2, 0) is 4.74 Å². The molecule has 3 heteroatoms. The third-order valence-corrected chi connectivity index (χ3v) is 1.08. The van der Waals surface area contributed by atoms with Gasteiger partial charge in [-0.3, -0.25) is 0 Å². The van der Waals surface area contributed by atoms with Crippen LogP contribution in [0.3, 0.4) is 0 Å². The Balaban J connectivity index is 4.33. The molecule has 0 unspecified atom stereocenters. The van der Waals surface area contributed by atoms with Crippen LogP contribution >= 0.6 is 0 Å². The Morgan fingerprint density at radius 1 is 1.42 bits per heavy atom. The van der Waals surface area contributed by atoms with Crippen molar-refractivity contribution in [1.29, 1.82) is 0 Å². The van der Waals surface area contributed by atoms with Gasteiger partial charge in [0.25, 0.3) is 0 Å². The zero-order chi connectivity index (χ0) is 9.56. The van der Waals surface area contributed by atoms with E-state index in [4.69, 9.17) is 4.74 Å². The molecule has 0 amide bonds. The van der Waals surface area contributed by atoms with E-state index in [1.807, 2.05) is 57.0 Å². The molecule has 70 valence electrons. The zero-order valence-corrected chi connectivity index (χ0v) is 8.66. The molecule has 0 aliphatic rings. The molecule has 0 saturated heterocycles. The van der Waals surface area contributed by atoms with Gasteiger partial charge in [-0.25, -0.2) is 4.58 Å². The summed E-state index contributed by atoms with van der Waals surface area (Å²) in [6.07, 6.45) is 3.90. The summed E-state index contributed by atoms with van der Waals surface area (Å²) >= 11 is 0. The van der Waals surface area contributed by atoms with Crippen LogP contribution in [0.25, 0.3) is 0 Å². The van der Waals surface area contributed by atoms with Crippen molar-refractivity contribution < 1.29 is 9.31 Å². The van der Waals surface area contributed by atoms with Gasteiger partial charge in [-0.05, 0) is 6.92 Å². The van der Waals surface area contributed by atoms with Gasteiger partial charge < -0.3 is 9.64 Å². The van der Waals surface area contributed by atoms with E-state index in [-0.39, 0.29) is 0 Å². The molecule has 0 aromatic rings. The summed E-state index contributed by atoms with van der Waals surface area (Å²) in [5.74, 6) is 0.882. The molecule has 0 spiro atoms. The molecule has 0 aliphatic heterocycles. The second kappa shape index (κ2) is 5.63. The van der Waals surface area contributed by atoms with Crippen molar-refractivity contribution in [2.45, 2.75) is 6.92 Å². The second-order valence-electron chi connectivity index (χ2n) is 3.02. The molecular weight excluding hydrogens is 152 g/mol. The third kappa shape index (κ3) is 5.77. The van der Waals surface area contributed by atoms with Crippen molar-refractivity contribution in [2.24, 2.45) is 0 Å². The van der Waals surface area contributed by atoms with Crippen molar-refractivity contribution in [2.75, 3.05) is 34.8 Å². The van der Waals surface area contributed by atoms with Crippen LogP contribution in [0, 0.1) is 0 Å². The van der Waals surface area contributed by atoms with Crippen LogP contribution < -0.4 is 0 Å². The van der Waals surface area contributed by atoms with Crippen molar-refractivity contribution in [3.05, 3.63) is 12.0 Å².